The molecule has 0 unspecified atom stereocenters. The Labute approximate surface area is 202 Å². The number of anilines is 1. The van der Waals surface area contributed by atoms with Gasteiger partial charge >= 0.3 is 5.97 Å². The number of carbonyl (C=O) groups excluding carboxylic acids is 4. The second-order valence-electron chi connectivity index (χ2n) is 9.14. The van der Waals surface area contributed by atoms with E-state index in [0.717, 1.165) is 16.9 Å². The SMILES string of the molecule is COc1ccc(NC(=O)COC(=O)[C@@H](Cc2ccccc2)N2C(=O)[C@@H]3[C@H](C2=O)[C@H]2C=C[C@H]3C2)cc1. The number of benzene rings is 2. The first kappa shape index (κ1) is 22.8. The van der Waals surface area contributed by atoms with E-state index >= 15 is 0 Å². The van der Waals surface area contributed by atoms with Gasteiger partial charge in [0.2, 0.25) is 11.8 Å². The van der Waals surface area contributed by atoms with Crippen LogP contribution in [0.3, 0.4) is 0 Å². The molecule has 0 spiro atoms. The molecule has 2 aliphatic carbocycles. The Morgan fingerprint density at radius 1 is 0.971 bits per heavy atom. The largest absolute Gasteiger partial charge is 0.497 e. The topological polar surface area (TPSA) is 102 Å². The van der Waals surface area contributed by atoms with Crippen molar-refractivity contribution >= 4 is 29.4 Å². The van der Waals surface area contributed by atoms with Crippen LogP contribution in [-0.2, 0) is 30.3 Å². The summed E-state index contributed by atoms with van der Waals surface area (Å²) in [5.74, 6) is -2.06. The zero-order valence-corrected chi connectivity index (χ0v) is 19.3. The number of fused-ring (bicyclic) bond motifs is 5. The second kappa shape index (κ2) is 9.37. The molecular weight excluding hydrogens is 448 g/mol. The van der Waals surface area contributed by atoms with Gasteiger partial charge < -0.3 is 14.8 Å². The highest BCUT2D eigenvalue weighted by atomic mass is 16.5. The fraction of sp³-hybridized carbons (Fsp3) is 0.333. The average Bonchev–Trinajstić information content (AvgIpc) is 3.56. The van der Waals surface area contributed by atoms with Crippen LogP contribution in [0.1, 0.15) is 12.0 Å². The lowest BCUT2D eigenvalue weighted by atomic mass is 9.85. The van der Waals surface area contributed by atoms with Crippen LogP contribution in [0.4, 0.5) is 5.69 Å². The first-order valence-electron chi connectivity index (χ1n) is 11.7. The molecule has 2 bridgehead atoms. The minimum absolute atomic E-state index is 0.0371. The van der Waals surface area contributed by atoms with Crippen LogP contribution < -0.4 is 10.1 Å². The van der Waals surface area contributed by atoms with Crippen molar-refractivity contribution in [3.05, 3.63) is 72.3 Å². The number of amides is 3. The van der Waals surface area contributed by atoms with Crippen LogP contribution in [0.15, 0.2) is 66.7 Å². The second-order valence-corrected chi connectivity index (χ2v) is 9.14. The minimum Gasteiger partial charge on any atom is -0.497 e. The molecule has 8 nitrogen and oxygen atoms in total. The fourth-order valence-electron chi connectivity index (χ4n) is 5.45. The maximum atomic E-state index is 13.3. The number of hydrogen-bond donors (Lipinski definition) is 1. The number of nitrogens with one attached hydrogen (secondary N) is 1. The third-order valence-electron chi connectivity index (χ3n) is 7.08. The summed E-state index contributed by atoms with van der Waals surface area (Å²) < 4.78 is 10.4. The zero-order valence-electron chi connectivity index (χ0n) is 19.3. The number of likely N-dealkylation sites (tertiary alicyclic amines) is 1. The Kier molecular flexibility index (Phi) is 6.11. The highest BCUT2D eigenvalue weighted by molar-refractivity contribution is 6.09. The normalized spacial score (nSPS) is 24.9. The summed E-state index contributed by atoms with van der Waals surface area (Å²) in [5, 5.41) is 2.65. The van der Waals surface area contributed by atoms with E-state index in [9.17, 15) is 19.2 Å². The van der Waals surface area contributed by atoms with Gasteiger partial charge in [-0.15, -0.1) is 0 Å². The van der Waals surface area contributed by atoms with E-state index in [-0.39, 0.29) is 30.1 Å². The summed E-state index contributed by atoms with van der Waals surface area (Å²) >= 11 is 0. The molecule has 3 aliphatic rings. The molecule has 5 rings (SSSR count). The predicted octanol–water partition coefficient (Wildman–Crippen LogP) is 2.60. The predicted molar refractivity (Wildman–Crippen MR) is 126 cm³/mol. The van der Waals surface area contributed by atoms with Crippen molar-refractivity contribution in [1.29, 1.82) is 0 Å². The van der Waals surface area contributed by atoms with Crippen molar-refractivity contribution in [3.63, 3.8) is 0 Å². The van der Waals surface area contributed by atoms with E-state index < -0.39 is 36.4 Å². The molecular formula is C27H26N2O6. The van der Waals surface area contributed by atoms with E-state index in [4.69, 9.17) is 9.47 Å². The summed E-state index contributed by atoms with van der Waals surface area (Å²) in [6, 6.07) is 14.7. The maximum absolute atomic E-state index is 13.3. The maximum Gasteiger partial charge on any atom is 0.330 e. The molecule has 3 amide bonds. The van der Waals surface area contributed by atoms with Gasteiger partial charge in [-0.2, -0.15) is 0 Å². The summed E-state index contributed by atoms with van der Waals surface area (Å²) in [6.07, 6.45) is 4.95. The molecule has 2 aromatic rings. The molecule has 2 aromatic carbocycles. The standard InChI is InChI=1S/C27H26N2O6/c1-34-20-11-9-19(10-12-20)28-22(30)15-35-27(33)21(13-16-5-3-2-4-6-16)29-25(31)23-17-7-8-18(14-17)24(23)26(29)32/h2-12,17-18,21,23-24H,13-15H2,1H3,(H,28,30)/t17-,18-,21+,23-,24+/m0/s1. The number of ether oxygens (including phenoxy) is 2. The molecule has 1 saturated carbocycles. The molecule has 180 valence electrons. The van der Waals surface area contributed by atoms with Gasteiger partial charge in [0, 0.05) is 12.1 Å². The molecule has 1 heterocycles. The molecule has 0 radical (unpaired) electrons. The molecule has 0 aromatic heterocycles. The molecule has 2 fully saturated rings. The number of carbonyl (C=O) groups is 4. The lowest BCUT2D eigenvalue weighted by Crippen LogP contribution is -2.48. The quantitative estimate of drug-likeness (QED) is 0.359. The van der Waals surface area contributed by atoms with Crippen LogP contribution in [0.2, 0.25) is 0 Å². The molecule has 1 saturated heterocycles. The van der Waals surface area contributed by atoms with Crippen molar-refractivity contribution in [3.8, 4) is 5.75 Å². The lowest BCUT2D eigenvalue weighted by molar-refractivity contribution is -0.160. The minimum atomic E-state index is -1.13. The smallest absolute Gasteiger partial charge is 0.330 e. The first-order chi connectivity index (χ1) is 17.0. The fourth-order valence-corrected chi connectivity index (χ4v) is 5.45. The number of hydrogen-bond acceptors (Lipinski definition) is 6. The molecule has 1 N–H and O–H groups in total. The van der Waals surface area contributed by atoms with Crippen LogP contribution in [-0.4, -0.2) is 48.3 Å². The summed E-state index contributed by atoms with van der Waals surface area (Å²) in [5.41, 5.74) is 1.31. The van der Waals surface area contributed by atoms with E-state index in [1.54, 1.807) is 31.4 Å². The number of imide groups is 1. The third kappa shape index (κ3) is 4.32. The Balaban J connectivity index is 1.30. The number of methoxy groups -OCH3 is 1. The van der Waals surface area contributed by atoms with Gasteiger partial charge in [-0.25, -0.2) is 4.79 Å². The number of esters is 1. The van der Waals surface area contributed by atoms with Crippen molar-refractivity contribution < 1.29 is 28.7 Å². The van der Waals surface area contributed by atoms with Crippen molar-refractivity contribution in [2.45, 2.75) is 18.9 Å². The molecule has 35 heavy (non-hydrogen) atoms. The van der Waals surface area contributed by atoms with E-state index in [0.29, 0.717) is 11.4 Å². The Hall–Kier alpha value is -3.94. The van der Waals surface area contributed by atoms with E-state index in [1.807, 2.05) is 42.5 Å². The van der Waals surface area contributed by atoms with Gasteiger partial charge in [-0.1, -0.05) is 42.5 Å². The molecule has 8 heteroatoms. The van der Waals surface area contributed by atoms with Crippen LogP contribution in [0, 0.1) is 23.7 Å². The lowest BCUT2D eigenvalue weighted by Gasteiger charge is -2.26. The van der Waals surface area contributed by atoms with Crippen LogP contribution >= 0.6 is 0 Å². The number of rotatable bonds is 8. The number of nitrogens with zero attached hydrogens (tertiary/aromatic N) is 1. The van der Waals surface area contributed by atoms with Gasteiger partial charge in [0.1, 0.15) is 11.8 Å². The zero-order chi connectivity index (χ0) is 24.5. The Morgan fingerprint density at radius 3 is 2.20 bits per heavy atom. The first-order valence-corrected chi connectivity index (χ1v) is 11.7. The van der Waals surface area contributed by atoms with Gasteiger partial charge in [0.25, 0.3) is 5.91 Å². The molecule has 1 aliphatic heterocycles. The van der Waals surface area contributed by atoms with Gasteiger partial charge in [0.15, 0.2) is 6.61 Å². The monoisotopic (exact) mass is 474 g/mol. The highest BCUT2D eigenvalue weighted by Crippen LogP contribution is 2.53. The van der Waals surface area contributed by atoms with E-state index in [1.165, 1.54) is 0 Å². The Bertz CT molecular complexity index is 1150. The van der Waals surface area contributed by atoms with Crippen LogP contribution in [0.5, 0.6) is 5.75 Å². The van der Waals surface area contributed by atoms with Crippen LogP contribution in [0.25, 0.3) is 0 Å². The van der Waals surface area contributed by atoms with Gasteiger partial charge in [-0.3, -0.25) is 19.3 Å². The van der Waals surface area contributed by atoms with Gasteiger partial charge in [0.05, 0.1) is 18.9 Å². The summed E-state index contributed by atoms with van der Waals surface area (Å²) in [4.78, 5) is 53.3. The van der Waals surface area contributed by atoms with Crippen molar-refractivity contribution in [2.75, 3.05) is 19.0 Å². The van der Waals surface area contributed by atoms with E-state index in [2.05, 4.69) is 5.32 Å². The summed E-state index contributed by atoms with van der Waals surface area (Å²) in [6.45, 7) is -0.536. The number of allylic oxidation sites excluding steroid dienone is 2. The van der Waals surface area contributed by atoms with Gasteiger partial charge in [-0.05, 0) is 48.1 Å². The molecule has 5 atom stereocenters. The third-order valence-corrected chi connectivity index (χ3v) is 7.08. The Morgan fingerprint density at radius 2 is 1.60 bits per heavy atom. The summed E-state index contributed by atoms with van der Waals surface area (Å²) in [7, 11) is 1.54. The average molecular weight is 475 g/mol. The highest BCUT2D eigenvalue weighted by Gasteiger charge is 2.61. The van der Waals surface area contributed by atoms with Crippen molar-refractivity contribution in [2.24, 2.45) is 23.7 Å². The van der Waals surface area contributed by atoms with Crippen molar-refractivity contribution in [1.82, 2.24) is 4.90 Å².